The molecule has 0 fully saturated rings. The molecular weight excluding hydrogens is 503 g/mol. The number of alkyl halides is 9. The van der Waals surface area contributed by atoms with Crippen LogP contribution in [0.1, 0.15) is 39.5 Å². The van der Waals surface area contributed by atoms with Gasteiger partial charge in [0, 0.05) is 11.0 Å². The number of nitrogens with zero attached hydrogens (tertiary/aromatic N) is 2. The van der Waals surface area contributed by atoms with E-state index in [-0.39, 0.29) is 11.0 Å². The van der Waals surface area contributed by atoms with E-state index in [1.165, 1.54) is 18.2 Å². The van der Waals surface area contributed by atoms with Crippen molar-refractivity contribution in [2.75, 3.05) is 0 Å². The van der Waals surface area contributed by atoms with E-state index in [0.29, 0.717) is 0 Å². The Bertz CT molecular complexity index is 1490. The van der Waals surface area contributed by atoms with Crippen LogP contribution in [-0.4, -0.2) is 19.9 Å². The molecule has 2 aliphatic heterocycles. The molecule has 3 aromatic heterocycles. The number of nitrogens with one attached hydrogen (secondary N) is 2. The lowest BCUT2D eigenvalue weighted by molar-refractivity contribution is -0.138. The molecule has 0 atom stereocenters. The highest BCUT2D eigenvalue weighted by Crippen LogP contribution is 2.41. The highest BCUT2D eigenvalue weighted by Gasteiger charge is 2.41. The highest BCUT2D eigenvalue weighted by atomic mass is 19.4. The van der Waals surface area contributed by atoms with E-state index in [1.54, 1.807) is 0 Å². The molecule has 0 amide bonds. The van der Waals surface area contributed by atoms with Crippen LogP contribution in [0.4, 0.5) is 39.5 Å². The van der Waals surface area contributed by atoms with Crippen molar-refractivity contribution >= 4 is 46.4 Å². The van der Waals surface area contributed by atoms with Crippen LogP contribution in [0.3, 0.4) is 0 Å². The number of aromatic amines is 2. The van der Waals surface area contributed by atoms with Gasteiger partial charge in [0.1, 0.15) is 16.7 Å². The lowest BCUT2D eigenvalue weighted by atomic mass is 10.1. The molecule has 5 heterocycles. The van der Waals surface area contributed by atoms with Gasteiger partial charge in [-0.3, -0.25) is 0 Å². The van der Waals surface area contributed by atoms with Gasteiger partial charge in [0.05, 0.1) is 33.8 Å². The second kappa shape index (κ2) is 7.73. The van der Waals surface area contributed by atoms with Crippen molar-refractivity contribution in [2.24, 2.45) is 0 Å². The maximum Gasteiger partial charge on any atom is 0.420 e. The Hall–Kier alpha value is -4.03. The van der Waals surface area contributed by atoms with Gasteiger partial charge >= 0.3 is 18.5 Å². The first-order valence-corrected chi connectivity index (χ1v) is 10.1. The number of fused-ring (bicyclic) bond motifs is 8. The highest BCUT2D eigenvalue weighted by molar-refractivity contribution is 5.83. The van der Waals surface area contributed by atoms with Crippen molar-refractivity contribution < 1.29 is 39.5 Å². The summed E-state index contributed by atoms with van der Waals surface area (Å²) < 4.78 is 126. The van der Waals surface area contributed by atoms with Crippen molar-refractivity contribution in [2.45, 2.75) is 18.5 Å². The minimum absolute atomic E-state index is 0.101. The predicted octanol–water partition coefficient (Wildman–Crippen LogP) is 7.71. The van der Waals surface area contributed by atoms with E-state index in [9.17, 15) is 39.5 Å². The molecule has 13 heteroatoms. The predicted molar refractivity (Wildman–Crippen MR) is 114 cm³/mol. The molecule has 0 aliphatic carbocycles. The zero-order chi connectivity index (χ0) is 26.0. The Morgan fingerprint density at radius 2 is 0.806 bits per heavy atom. The minimum atomic E-state index is -5.19. The summed E-state index contributed by atoms with van der Waals surface area (Å²) in [6.07, 6.45) is -12.2. The topological polar surface area (TPSA) is 57.4 Å². The summed E-state index contributed by atoms with van der Waals surface area (Å²) in [5, 5.41) is 0. The molecule has 0 saturated carbocycles. The first-order chi connectivity index (χ1) is 16.7. The Kier molecular flexibility index (Phi) is 5.09. The summed E-state index contributed by atoms with van der Waals surface area (Å²) in [6, 6.07) is 5.88. The number of hydrogen-bond acceptors (Lipinski definition) is 2. The van der Waals surface area contributed by atoms with E-state index < -0.39 is 69.0 Å². The Morgan fingerprint density at radius 3 is 1.14 bits per heavy atom. The Morgan fingerprint density at radius 1 is 0.472 bits per heavy atom. The molecule has 36 heavy (non-hydrogen) atoms. The number of hydrogen-bond donors (Lipinski definition) is 2. The summed E-state index contributed by atoms with van der Waals surface area (Å²) in [4.78, 5) is 12.1. The van der Waals surface area contributed by atoms with Crippen LogP contribution in [-0.2, 0) is 18.5 Å². The quantitative estimate of drug-likeness (QED) is 0.208. The molecule has 4 nitrogen and oxygen atoms in total. The maximum absolute atomic E-state index is 14.0. The molecule has 0 aromatic carbocycles. The molecule has 0 radical (unpaired) electrons. The van der Waals surface area contributed by atoms with E-state index >= 15 is 0 Å². The summed E-state index contributed by atoms with van der Waals surface area (Å²) >= 11 is 0. The molecule has 8 bridgehead atoms. The molecule has 3 aromatic rings. The standard InChI is InChI=1S/C23H11F9N4/c24-21(25,26)18-12-3-1-10(33-12)9-11-2-4-13(34-11)19(22(27,28)29)15-6-8-17(36-15)20(23(30,31)32)16-7-5-14(18)35-16/h1-9,33-34H. The van der Waals surface area contributed by atoms with E-state index in [2.05, 4.69) is 19.9 Å². The molecule has 186 valence electrons. The smallest absolute Gasteiger partial charge is 0.355 e. The van der Waals surface area contributed by atoms with Gasteiger partial charge in [0.2, 0.25) is 0 Å². The van der Waals surface area contributed by atoms with Crippen LogP contribution >= 0.6 is 0 Å². The molecule has 0 spiro atoms. The lowest BCUT2D eigenvalue weighted by Crippen LogP contribution is -2.11. The van der Waals surface area contributed by atoms with Gasteiger partial charge in [-0.1, -0.05) is 0 Å². The molecule has 2 aliphatic rings. The van der Waals surface area contributed by atoms with Crippen molar-refractivity contribution in [3.05, 3.63) is 69.8 Å². The minimum Gasteiger partial charge on any atom is -0.355 e. The molecule has 2 N–H and O–H groups in total. The van der Waals surface area contributed by atoms with Crippen LogP contribution in [0.25, 0.3) is 46.4 Å². The van der Waals surface area contributed by atoms with E-state index in [4.69, 9.17) is 0 Å². The Labute approximate surface area is 194 Å². The van der Waals surface area contributed by atoms with Crippen LogP contribution in [0.15, 0.2) is 30.3 Å². The second-order valence-corrected chi connectivity index (χ2v) is 7.85. The fraction of sp³-hybridized carbons (Fsp3) is 0.130. The molecular formula is C23H11F9N4. The van der Waals surface area contributed by atoms with Gasteiger partial charge in [-0.15, -0.1) is 0 Å². The van der Waals surface area contributed by atoms with Crippen LogP contribution in [0, 0.1) is 0 Å². The average Bonchev–Trinajstić information content (AvgIpc) is 3.50. The van der Waals surface area contributed by atoms with E-state index in [1.807, 2.05) is 0 Å². The first-order valence-electron chi connectivity index (χ1n) is 10.1. The zero-order valence-electron chi connectivity index (χ0n) is 17.5. The van der Waals surface area contributed by atoms with Crippen LogP contribution in [0.2, 0.25) is 0 Å². The second-order valence-electron chi connectivity index (χ2n) is 7.85. The normalized spacial score (nSPS) is 14.0. The molecule has 5 rings (SSSR count). The summed E-state index contributed by atoms with van der Waals surface area (Å²) in [7, 11) is 0. The molecule has 0 unspecified atom stereocenters. The van der Waals surface area contributed by atoms with Gasteiger partial charge in [-0.25, -0.2) is 9.97 Å². The fourth-order valence-electron chi connectivity index (χ4n) is 4.03. The first kappa shape index (κ1) is 23.7. The Balaban J connectivity index is 2.02. The van der Waals surface area contributed by atoms with Crippen molar-refractivity contribution in [3.8, 4) is 0 Å². The van der Waals surface area contributed by atoms with Crippen LogP contribution in [0.5, 0.6) is 0 Å². The van der Waals surface area contributed by atoms with Gasteiger partial charge in [-0.05, 0) is 54.6 Å². The average molecular weight is 514 g/mol. The fourth-order valence-corrected chi connectivity index (χ4v) is 4.03. The van der Waals surface area contributed by atoms with Crippen molar-refractivity contribution in [3.63, 3.8) is 0 Å². The van der Waals surface area contributed by atoms with E-state index in [0.717, 1.165) is 36.4 Å². The van der Waals surface area contributed by atoms with Gasteiger partial charge < -0.3 is 9.97 Å². The van der Waals surface area contributed by atoms with Crippen LogP contribution < -0.4 is 0 Å². The largest absolute Gasteiger partial charge is 0.420 e. The third-order valence-corrected chi connectivity index (χ3v) is 5.42. The summed E-state index contributed by atoms with van der Waals surface area (Å²) in [6.45, 7) is 0. The lowest BCUT2D eigenvalue weighted by Gasteiger charge is -2.09. The van der Waals surface area contributed by atoms with Gasteiger partial charge in [-0.2, -0.15) is 39.5 Å². The summed E-state index contributed by atoms with van der Waals surface area (Å²) in [5.41, 5.74) is -8.36. The number of aromatic nitrogens is 4. The monoisotopic (exact) mass is 514 g/mol. The van der Waals surface area contributed by atoms with Gasteiger partial charge in [0.25, 0.3) is 0 Å². The zero-order valence-corrected chi connectivity index (χ0v) is 17.5. The third kappa shape index (κ3) is 4.14. The number of halogens is 9. The van der Waals surface area contributed by atoms with Crippen molar-refractivity contribution in [1.29, 1.82) is 0 Å². The number of rotatable bonds is 0. The maximum atomic E-state index is 14.0. The SMILES string of the molecule is FC(F)(F)c1c2nc(c(C(F)(F)F)c3ccc(cc4ccc([nH]4)c(C(F)(F)F)c4nc1C=C4)[nH]3)C=C2. The van der Waals surface area contributed by atoms with Gasteiger partial charge in [0.15, 0.2) is 0 Å². The van der Waals surface area contributed by atoms with Crippen molar-refractivity contribution in [1.82, 2.24) is 19.9 Å². The summed E-state index contributed by atoms with van der Waals surface area (Å²) in [5.74, 6) is 0. The molecule has 0 saturated heterocycles. The number of H-pyrrole nitrogens is 2. The third-order valence-electron chi connectivity index (χ3n) is 5.42.